The second kappa shape index (κ2) is 7.96. The molecule has 148 valence electrons. The molecular weight excluding hydrogens is 362 g/mol. The number of Topliss-reactive ketones (excluding diaryl/α,β-unsaturated/α-hetero) is 1. The van der Waals surface area contributed by atoms with Crippen LogP contribution in [-0.4, -0.2) is 41.6 Å². The van der Waals surface area contributed by atoms with Crippen LogP contribution in [0.5, 0.6) is 5.75 Å². The van der Waals surface area contributed by atoms with Crippen molar-refractivity contribution in [3.63, 3.8) is 0 Å². The maximum Gasteiger partial charge on any atom is 0.329 e. The number of esters is 1. The number of amides is 2. The van der Waals surface area contributed by atoms with Crippen molar-refractivity contribution in [3.05, 3.63) is 41.5 Å². The summed E-state index contributed by atoms with van der Waals surface area (Å²) in [6, 6.07) is 3.86. The molecule has 1 aromatic rings. The Morgan fingerprint density at radius 3 is 2.29 bits per heavy atom. The molecular formula is C21H23NO6. The van der Waals surface area contributed by atoms with E-state index in [1.54, 1.807) is 18.2 Å². The number of ketones is 1. The molecule has 1 heterocycles. The topological polar surface area (TPSA) is 90.0 Å². The summed E-state index contributed by atoms with van der Waals surface area (Å²) in [4.78, 5) is 50.3. The number of rotatable bonds is 6. The van der Waals surface area contributed by atoms with Crippen LogP contribution in [0.3, 0.4) is 0 Å². The molecule has 28 heavy (non-hydrogen) atoms. The van der Waals surface area contributed by atoms with Crippen molar-refractivity contribution >= 4 is 23.6 Å². The summed E-state index contributed by atoms with van der Waals surface area (Å²) in [7, 11) is 1.48. The maximum atomic E-state index is 12.6. The van der Waals surface area contributed by atoms with E-state index in [2.05, 4.69) is 0 Å². The normalized spacial score (nSPS) is 22.0. The van der Waals surface area contributed by atoms with Crippen molar-refractivity contribution in [2.45, 2.75) is 39.3 Å². The lowest BCUT2D eigenvalue weighted by atomic mass is 9.85. The van der Waals surface area contributed by atoms with Crippen LogP contribution in [0.1, 0.15) is 42.6 Å². The highest BCUT2D eigenvalue weighted by Gasteiger charge is 2.50. The fraction of sp³-hybridized carbons (Fsp3) is 0.429. The van der Waals surface area contributed by atoms with Gasteiger partial charge in [0.15, 0.2) is 5.78 Å². The van der Waals surface area contributed by atoms with Gasteiger partial charge in [0.25, 0.3) is 0 Å². The predicted octanol–water partition coefficient (Wildman–Crippen LogP) is 2.28. The number of hydrogen-bond donors (Lipinski definition) is 0. The van der Waals surface area contributed by atoms with Gasteiger partial charge in [-0.3, -0.25) is 19.3 Å². The van der Waals surface area contributed by atoms with E-state index in [-0.39, 0.29) is 36.0 Å². The Kier molecular flexibility index (Phi) is 5.63. The largest absolute Gasteiger partial charge is 0.496 e. The summed E-state index contributed by atoms with van der Waals surface area (Å²) in [6.45, 7) is 2.81. The molecule has 2 amide bonds. The fourth-order valence-corrected chi connectivity index (χ4v) is 3.69. The van der Waals surface area contributed by atoms with Gasteiger partial charge in [0.1, 0.15) is 18.4 Å². The lowest BCUT2D eigenvalue weighted by Gasteiger charge is -2.22. The molecule has 7 nitrogen and oxygen atoms in total. The summed E-state index contributed by atoms with van der Waals surface area (Å²) < 4.78 is 10.6. The first-order valence-electron chi connectivity index (χ1n) is 9.21. The van der Waals surface area contributed by atoms with Crippen molar-refractivity contribution in [2.75, 3.05) is 7.11 Å². The van der Waals surface area contributed by atoms with Crippen LogP contribution in [0.25, 0.3) is 0 Å². The summed E-state index contributed by atoms with van der Waals surface area (Å²) in [6.07, 6.45) is 4.82. The van der Waals surface area contributed by atoms with Crippen molar-refractivity contribution in [1.82, 2.24) is 4.90 Å². The number of imide groups is 1. The van der Waals surface area contributed by atoms with Gasteiger partial charge in [-0.15, -0.1) is 0 Å². The molecule has 0 bridgehead atoms. The number of carbonyl (C=O) groups is 4. The number of allylic oxidation sites excluding steroid dienone is 2. The lowest BCUT2D eigenvalue weighted by Crippen LogP contribution is -2.44. The van der Waals surface area contributed by atoms with Crippen LogP contribution in [0, 0.1) is 11.8 Å². The number of benzene rings is 1. The SMILES string of the molecule is COc1ccc(C(C)=O)cc1COC(=O)[C@H](C)N1C(=O)[C@H]2CC=CC[C@@H]2C1=O. The van der Waals surface area contributed by atoms with E-state index in [1.165, 1.54) is 21.0 Å². The van der Waals surface area contributed by atoms with Gasteiger partial charge >= 0.3 is 5.97 Å². The minimum absolute atomic E-state index is 0.118. The lowest BCUT2D eigenvalue weighted by molar-refractivity contribution is -0.159. The van der Waals surface area contributed by atoms with Gasteiger partial charge in [-0.1, -0.05) is 12.2 Å². The first-order valence-corrected chi connectivity index (χ1v) is 9.21. The zero-order chi connectivity index (χ0) is 20.4. The summed E-state index contributed by atoms with van der Waals surface area (Å²) >= 11 is 0. The van der Waals surface area contributed by atoms with Gasteiger partial charge in [0.2, 0.25) is 11.8 Å². The minimum atomic E-state index is -1.01. The highest BCUT2D eigenvalue weighted by atomic mass is 16.5. The van der Waals surface area contributed by atoms with Gasteiger partial charge < -0.3 is 9.47 Å². The average molecular weight is 385 g/mol. The molecule has 0 aromatic heterocycles. The first kappa shape index (κ1) is 19.8. The van der Waals surface area contributed by atoms with Crippen LogP contribution < -0.4 is 4.74 Å². The van der Waals surface area contributed by atoms with Crippen LogP contribution in [0.4, 0.5) is 0 Å². The van der Waals surface area contributed by atoms with Gasteiger partial charge in [0, 0.05) is 11.1 Å². The predicted molar refractivity (Wildman–Crippen MR) is 99.5 cm³/mol. The molecule has 0 spiro atoms. The van der Waals surface area contributed by atoms with E-state index in [9.17, 15) is 19.2 Å². The molecule has 0 unspecified atom stereocenters. The molecule has 1 saturated heterocycles. The third kappa shape index (κ3) is 3.56. The summed E-state index contributed by atoms with van der Waals surface area (Å²) in [5.41, 5.74) is 1.01. The first-order chi connectivity index (χ1) is 13.3. The van der Waals surface area contributed by atoms with E-state index in [0.29, 0.717) is 29.7 Å². The monoisotopic (exact) mass is 385 g/mol. The number of carbonyl (C=O) groups excluding carboxylic acids is 4. The van der Waals surface area contributed by atoms with Gasteiger partial charge in [-0.2, -0.15) is 0 Å². The Hall–Kier alpha value is -2.96. The summed E-state index contributed by atoms with van der Waals surface area (Å²) in [5, 5.41) is 0. The van der Waals surface area contributed by atoms with Crippen LogP contribution >= 0.6 is 0 Å². The van der Waals surface area contributed by atoms with Gasteiger partial charge in [-0.25, -0.2) is 4.79 Å². The molecule has 0 radical (unpaired) electrons. The smallest absolute Gasteiger partial charge is 0.329 e. The van der Waals surface area contributed by atoms with Crippen molar-refractivity contribution < 1.29 is 28.7 Å². The number of fused-ring (bicyclic) bond motifs is 1. The Morgan fingerprint density at radius 1 is 1.14 bits per heavy atom. The second-order valence-electron chi connectivity index (χ2n) is 7.07. The number of methoxy groups -OCH3 is 1. The van der Waals surface area contributed by atoms with E-state index < -0.39 is 12.0 Å². The van der Waals surface area contributed by atoms with Crippen molar-refractivity contribution in [2.24, 2.45) is 11.8 Å². The second-order valence-corrected chi connectivity index (χ2v) is 7.07. The van der Waals surface area contributed by atoms with E-state index in [0.717, 1.165) is 4.90 Å². The third-order valence-corrected chi connectivity index (χ3v) is 5.33. The van der Waals surface area contributed by atoms with E-state index in [4.69, 9.17) is 9.47 Å². The number of ether oxygens (including phenoxy) is 2. The van der Waals surface area contributed by atoms with Crippen molar-refractivity contribution in [1.29, 1.82) is 0 Å². The number of nitrogens with zero attached hydrogens (tertiary/aromatic N) is 1. The zero-order valence-corrected chi connectivity index (χ0v) is 16.1. The quantitative estimate of drug-likeness (QED) is 0.323. The molecule has 0 saturated carbocycles. The maximum absolute atomic E-state index is 12.6. The zero-order valence-electron chi connectivity index (χ0n) is 16.1. The third-order valence-electron chi connectivity index (χ3n) is 5.33. The Labute approximate surface area is 163 Å². The molecule has 1 aliphatic heterocycles. The molecule has 3 atom stereocenters. The van der Waals surface area contributed by atoms with E-state index >= 15 is 0 Å². The summed E-state index contributed by atoms with van der Waals surface area (Å²) in [5.74, 6) is -1.73. The Morgan fingerprint density at radius 2 is 1.75 bits per heavy atom. The molecule has 1 fully saturated rings. The fourth-order valence-electron chi connectivity index (χ4n) is 3.69. The highest BCUT2D eigenvalue weighted by molar-refractivity contribution is 6.08. The molecule has 2 aliphatic rings. The molecule has 0 N–H and O–H groups in total. The number of likely N-dealkylation sites (tertiary alicyclic amines) is 1. The molecule has 3 rings (SSSR count). The highest BCUT2D eigenvalue weighted by Crippen LogP contribution is 2.36. The van der Waals surface area contributed by atoms with Crippen molar-refractivity contribution in [3.8, 4) is 5.75 Å². The average Bonchev–Trinajstić information content (AvgIpc) is 2.96. The molecule has 1 aliphatic carbocycles. The van der Waals surface area contributed by atoms with Gasteiger partial charge in [0.05, 0.1) is 18.9 Å². The minimum Gasteiger partial charge on any atom is -0.496 e. The Balaban J connectivity index is 1.70. The van der Waals surface area contributed by atoms with Crippen LogP contribution in [-0.2, 0) is 25.7 Å². The van der Waals surface area contributed by atoms with Crippen LogP contribution in [0.15, 0.2) is 30.4 Å². The standard InChI is InChI=1S/C21H23NO6/c1-12(22-19(24)16-6-4-5-7-17(16)20(22)25)21(26)28-11-15-10-14(13(2)23)8-9-18(15)27-3/h4-5,8-10,12,16-17H,6-7,11H2,1-3H3/t12-,16-,17-/m0/s1. The van der Waals surface area contributed by atoms with Crippen LogP contribution in [0.2, 0.25) is 0 Å². The number of hydrogen-bond acceptors (Lipinski definition) is 6. The Bertz CT molecular complexity index is 832. The van der Waals surface area contributed by atoms with Gasteiger partial charge in [-0.05, 0) is 44.9 Å². The molecule has 7 heteroatoms. The molecule has 1 aromatic carbocycles. The van der Waals surface area contributed by atoms with E-state index in [1.807, 2.05) is 12.2 Å².